The molecule has 7 nitrogen and oxygen atoms in total. The van der Waals surface area contributed by atoms with Gasteiger partial charge in [-0.25, -0.2) is 9.97 Å². The van der Waals surface area contributed by atoms with Crippen molar-refractivity contribution in [2.45, 2.75) is 12.8 Å². The molecule has 1 aromatic carbocycles. The second-order valence-corrected chi connectivity index (χ2v) is 5.67. The van der Waals surface area contributed by atoms with Crippen LogP contribution in [0.15, 0.2) is 36.5 Å². The van der Waals surface area contributed by atoms with E-state index in [0.717, 1.165) is 41.4 Å². The summed E-state index contributed by atoms with van der Waals surface area (Å²) in [5, 5.41) is 10.5. The number of halogens is 1. The number of benzene rings is 1. The van der Waals surface area contributed by atoms with Gasteiger partial charge in [-0.15, -0.1) is 0 Å². The van der Waals surface area contributed by atoms with Crippen molar-refractivity contribution in [3.8, 4) is 11.5 Å². The number of H-pyrrole nitrogens is 1. The van der Waals surface area contributed by atoms with E-state index in [1.807, 2.05) is 24.3 Å². The number of ether oxygens (including phenoxy) is 2. The Morgan fingerprint density at radius 1 is 1.08 bits per heavy atom. The molecule has 130 valence electrons. The minimum absolute atomic E-state index is 0.191. The van der Waals surface area contributed by atoms with Gasteiger partial charge in [-0.2, -0.15) is 5.10 Å². The second-order valence-electron chi connectivity index (χ2n) is 5.33. The molecule has 0 fully saturated rings. The third-order valence-corrected chi connectivity index (χ3v) is 3.78. The van der Waals surface area contributed by atoms with Gasteiger partial charge >= 0.3 is 0 Å². The fourth-order valence-electron chi connectivity index (χ4n) is 2.38. The maximum atomic E-state index is 5.77. The maximum absolute atomic E-state index is 5.77. The third-order valence-electron chi connectivity index (χ3n) is 3.60. The summed E-state index contributed by atoms with van der Waals surface area (Å²) in [5.74, 6) is 2.90. The minimum atomic E-state index is 0.191. The van der Waals surface area contributed by atoms with Crippen LogP contribution in [0.1, 0.15) is 11.3 Å². The summed E-state index contributed by atoms with van der Waals surface area (Å²) in [6, 6.07) is 9.52. The van der Waals surface area contributed by atoms with Crippen LogP contribution in [0.5, 0.6) is 11.5 Å². The number of nitrogens with zero attached hydrogens (tertiary/aromatic N) is 3. The highest BCUT2D eigenvalue weighted by Gasteiger charge is 2.06. The van der Waals surface area contributed by atoms with Gasteiger partial charge in [-0.1, -0.05) is 0 Å². The van der Waals surface area contributed by atoms with E-state index in [2.05, 4.69) is 25.5 Å². The van der Waals surface area contributed by atoms with Crippen LogP contribution in [0.4, 0.5) is 11.6 Å². The van der Waals surface area contributed by atoms with Crippen LogP contribution in [0.2, 0.25) is 5.28 Å². The second kappa shape index (κ2) is 7.85. The molecule has 0 saturated carbocycles. The van der Waals surface area contributed by atoms with Crippen molar-refractivity contribution in [3.05, 3.63) is 53.1 Å². The van der Waals surface area contributed by atoms with Gasteiger partial charge in [0.2, 0.25) is 5.28 Å². The van der Waals surface area contributed by atoms with Crippen molar-refractivity contribution >= 4 is 23.2 Å². The number of methoxy groups -OCH3 is 2. The predicted octanol–water partition coefficient (Wildman–Crippen LogP) is 3.40. The molecule has 0 unspecified atom stereocenters. The lowest BCUT2D eigenvalue weighted by atomic mass is 10.1. The molecule has 0 aliphatic heterocycles. The molecule has 25 heavy (non-hydrogen) atoms. The van der Waals surface area contributed by atoms with Crippen molar-refractivity contribution in [1.82, 2.24) is 20.2 Å². The quantitative estimate of drug-likeness (QED) is 0.629. The highest BCUT2D eigenvalue weighted by Crippen LogP contribution is 2.23. The molecule has 3 aromatic rings. The average Bonchev–Trinajstić information content (AvgIpc) is 3.07. The van der Waals surface area contributed by atoms with E-state index in [0.29, 0.717) is 5.82 Å². The van der Waals surface area contributed by atoms with Crippen molar-refractivity contribution in [2.75, 3.05) is 19.5 Å². The van der Waals surface area contributed by atoms with E-state index in [1.165, 1.54) is 0 Å². The summed E-state index contributed by atoms with van der Waals surface area (Å²) in [4.78, 5) is 7.92. The summed E-state index contributed by atoms with van der Waals surface area (Å²) in [7, 11) is 3.28. The molecule has 0 bridgehead atoms. The van der Waals surface area contributed by atoms with E-state index in [4.69, 9.17) is 21.1 Å². The normalized spacial score (nSPS) is 10.5. The average molecular weight is 360 g/mol. The number of anilines is 2. The van der Waals surface area contributed by atoms with Crippen molar-refractivity contribution in [3.63, 3.8) is 0 Å². The first-order valence-electron chi connectivity index (χ1n) is 7.68. The molecular formula is C17H18ClN5O2. The Balaban J connectivity index is 1.64. The molecule has 0 aliphatic carbocycles. The number of aromatic nitrogens is 4. The highest BCUT2D eigenvalue weighted by atomic mass is 35.5. The van der Waals surface area contributed by atoms with Crippen LogP contribution < -0.4 is 14.8 Å². The first kappa shape index (κ1) is 17.0. The number of aromatic amines is 1. The predicted molar refractivity (Wildman–Crippen MR) is 95.9 cm³/mol. The largest absolute Gasteiger partial charge is 0.497 e. The topological polar surface area (TPSA) is 85.0 Å². The number of hydrogen-bond donors (Lipinski definition) is 2. The Labute approximate surface area is 150 Å². The maximum Gasteiger partial charge on any atom is 0.224 e. The zero-order valence-corrected chi connectivity index (χ0v) is 14.7. The molecule has 0 saturated heterocycles. The first-order chi connectivity index (χ1) is 12.2. The van der Waals surface area contributed by atoms with Gasteiger partial charge < -0.3 is 14.8 Å². The van der Waals surface area contributed by atoms with Crippen LogP contribution in [0.3, 0.4) is 0 Å². The lowest BCUT2D eigenvalue weighted by Crippen LogP contribution is -1.95. The van der Waals surface area contributed by atoms with Gasteiger partial charge in [-0.3, -0.25) is 5.10 Å². The third kappa shape index (κ3) is 4.60. The van der Waals surface area contributed by atoms with E-state index >= 15 is 0 Å². The molecule has 2 N–H and O–H groups in total. The Kier molecular flexibility index (Phi) is 5.35. The van der Waals surface area contributed by atoms with E-state index in [-0.39, 0.29) is 5.28 Å². The first-order valence-corrected chi connectivity index (χ1v) is 8.06. The zero-order chi connectivity index (χ0) is 17.6. The van der Waals surface area contributed by atoms with Gasteiger partial charge in [0, 0.05) is 18.3 Å². The molecule has 8 heteroatoms. The molecule has 2 aromatic heterocycles. The van der Waals surface area contributed by atoms with E-state index in [1.54, 1.807) is 26.5 Å². The fourth-order valence-corrected chi connectivity index (χ4v) is 2.53. The van der Waals surface area contributed by atoms with Crippen LogP contribution >= 0.6 is 11.6 Å². The number of rotatable bonds is 7. The van der Waals surface area contributed by atoms with Crippen molar-refractivity contribution < 1.29 is 9.47 Å². The summed E-state index contributed by atoms with van der Waals surface area (Å²) in [6.07, 6.45) is 3.18. The molecule has 0 aliphatic rings. The molecular weight excluding hydrogens is 342 g/mol. The molecule has 0 amide bonds. The Morgan fingerprint density at radius 3 is 2.52 bits per heavy atom. The van der Waals surface area contributed by atoms with Crippen molar-refractivity contribution in [1.29, 1.82) is 0 Å². The monoisotopic (exact) mass is 359 g/mol. The van der Waals surface area contributed by atoms with Gasteiger partial charge in [0.15, 0.2) is 0 Å². The lowest BCUT2D eigenvalue weighted by Gasteiger charge is -2.07. The van der Waals surface area contributed by atoms with E-state index in [9.17, 15) is 0 Å². The van der Waals surface area contributed by atoms with Crippen molar-refractivity contribution in [2.24, 2.45) is 0 Å². The molecule has 0 spiro atoms. The van der Waals surface area contributed by atoms with Crippen LogP contribution in [-0.2, 0) is 12.8 Å². The van der Waals surface area contributed by atoms with Gasteiger partial charge in [0.05, 0.1) is 19.9 Å². The SMILES string of the molecule is COc1cc(CCc2cc(Nc3ccnc(Cl)n3)[nH]n2)cc(OC)c1. The minimum Gasteiger partial charge on any atom is -0.497 e. The van der Waals surface area contributed by atoms with Gasteiger partial charge in [-0.05, 0) is 48.2 Å². The smallest absolute Gasteiger partial charge is 0.224 e. The van der Waals surface area contributed by atoms with E-state index < -0.39 is 0 Å². The lowest BCUT2D eigenvalue weighted by molar-refractivity contribution is 0.393. The molecule has 0 atom stereocenters. The van der Waals surface area contributed by atoms with Gasteiger partial charge in [0.1, 0.15) is 23.1 Å². The number of nitrogens with one attached hydrogen (secondary N) is 2. The van der Waals surface area contributed by atoms with Crippen LogP contribution in [-0.4, -0.2) is 34.4 Å². The van der Waals surface area contributed by atoms with Gasteiger partial charge in [0.25, 0.3) is 0 Å². The Bertz CT molecular complexity index is 830. The van der Waals surface area contributed by atoms with Crippen LogP contribution in [0.25, 0.3) is 0 Å². The summed E-state index contributed by atoms with van der Waals surface area (Å²) in [5.41, 5.74) is 2.06. The zero-order valence-electron chi connectivity index (χ0n) is 13.9. The standard InChI is InChI=1S/C17H18ClN5O2/c1-24-13-7-11(8-14(10-13)25-2)3-4-12-9-16(23-22-12)20-15-5-6-19-17(18)21-15/h5-10H,3-4H2,1-2H3,(H2,19,20,21,22,23). The number of aryl methyl sites for hydroxylation is 2. The summed E-state index contributed by atoms with van der Waals surface area (Å²) < 4.78 is 10.6. The molecule has 3 rings (SSSR count). The fraction of sp³-hybridized carbons (Fsp3) is 0.235. The molecule has 2 heterocycles. The highest BCUT2D eigenvalue weighted by molar-refractivity contribution is 6.28. The Hall–Kier alpha value is -2.80. The van der Waals surface area contributed by atoms with Crippen LogP contribution in [0, 0.1) is 0 Å². The molecule has 0 radical (unpaired) electrons. The summed E-state index contributed by atoms with van der Waals surface area (Å²) >= 11 is 5.77. The summed E-state index contributed by atoms with van der Waals surface area (Å²) in [6.45, 7) is 0. The number of hydrogen-bond acceptors (Lipinski definition) is 6. The Morgan fingerprint density at radius 2 is 1.84 bits per heavy atom.